The fourth-order valence-electron chi connectivity index (χ4n) is 4.14. The molecule has 1 aliphatic rings. The minimum atomic E-state index is -1.06. The third-order valence-corrected chi connectivity index (χ3v) is 7.63. The number of hydrogen-bond donors (Lipinski definition) is 1. The van der Waals surface area contributed by atoms with Crippen LogP contribution in [0.3, 0.4) is 0 Å². The number of amides is 1. The zero-order valence-electron chi connectivity index (χ0n) is 19.3. The summed E-state index contributed by atoms with van der Waals surface area (Å²) in [4.78, 5) is 33.0. The van der Waals surface area contributed by atoms with Crippen molar-refractivity contribution >= 4 is 49.7 Å². The van der Waals surface area contributed by atoms with Crippen LogP contribution in [0.1, 0.15) is 21.3 Å². The van der Waals surface area contributed by atoms with E-state index in [1.54, 1.807) is 29.6 Å². The fraction of sp³-hybridized carbons (Fsp3) is 0.160. The lowest BCUT2D eigenvalue weighted by Crippen LogP contribution is -2.31. The van der Waals surface area contributed by atoms with Crippen molar-refractivity contribution in [2.45, 2.75) is 6.04 Å². The molecule has 11 heteroatoms. The van der Waals surface area contributed by atoms with Crippen molar-refractivity contribution in [3.05, 3.63) is 75.4 Å². The van der Waals surface area contributed by atoms with Crippen molar-refractivity contribution in [1.29, 1.82) is 0 Å². The number of thiazole rings is 1. The first-order valence-electron chi connectivity index (χ1n) is 10.6. The van der Waals surface area contributed by atoms with Crippen LogP contribution >= 0.6 is 22.7 Å². The van der Waals surface area contributed by atoms with E-state index in [0.29, 0.717) is 37.9 Å². The highest BCUT2D eigenvalue weighted by atomic mass is 32.1. The maximum absolute atomic E-state index is 13.8. The summed E-state index contributed by atoms with van der Waals surface area (Å²) in [6.45, 7) is 0. The van der Waals surface area contributed by atoms with Gasteiger partial charge in [0, 0.05) is 0 Å². The second-order valence-electron chi connectivity index (χ2n) is 7.71. The average molecular weight is 527 g/mol. The number of rotatable bonds is 7. The maximum Gasteiger partial charge on any atom is 0.296 e. The van der Waals surface area contributed by atoms with E-state index < -0.39 is 29.3 Å². The molecule has 0 saturated heterocycles. The van der Waals surface area contributed by atoms with E-state index in [0.717, 1.165) is 11.3 Å². The number of aliphatic hydroxyl groups excluding tert-OH is 1. The van der Waals surface area contributed by atoms with Crippen LogP contribution in [0.5, 0.6) is 17.2 Å². The lowest BCUT2D eigenvalue weighted by atomic mass is 9.95. The Morgan fingerprint density at radius 3 is 2.42 bits per heavy atom. The molecular formula is C25H19FN2O6S2. The molecule has 36 heavy (non-hydrogen) atoms. The molecule has 0 bridgehead atoms. The van der Waals surface area contributed by atoms with Crippen LogP contribution in [-0.4, -0.2) is 43.1 Å². The Morgan fingerprint density at radius 2 is 1.81 bits per heavy atom. The lowest BCUT2D eigenvalue weighted by molar-refractivity contribution is -0.117. The van der Waals surface area contributed by atoms with Crippen molar-refractivity contribution < 1.29 is 33.3 Å². The third kappa shape index (κ3) is 3.76. The van der Waals surface area contributed by atoms with E-state index in [2.05, 4.69) is 4.98 Å². The number of halogens is 1. The van der Waals surface area contributed by atoms with Crippen molar-refractivity contribution in [2.75, 3.05) is 26.2 Å². The second kappa shape index (κ2) is 9.25. The van der Waals surface area contributed by atoms with Gasteiger partial charge in [-0.2, -0.15) is 0 Å². The quantitative estimate of drug-likeness (QED) is 0.326. The molecule has 1 amide bonds. The molecule has 0 fully saturated rings. The Labute approximate surface area is 212 Å². The van der Waals surface area contributed by atoms with Gasteiger partial charge in [-0.15, -0.1) is 11.3 Å². The molecule has 0 spiro atoms. The van der Waals surface area contributed by atoms with Crippen molar-refractivity contribution in [3.63, 3.8) is 0 Å². The van der Waals surface area contributed by atoms with Crippen LogP contribution in [0, 0.1) is 5.82 Å². The van der Waals surface area contributed by atoms with Gasteiger partial charge in [-0.05, 0) is 47.3 Å². The summed E-state index contributed by atoms with van der Waals surface area (Å²) in [6.07, 6.45) is 0. The van der Waals surface area contributed by atoms with Crippen LogP contribution in [0.15, 0.2) is 59.2 Å². The number of hydrogen-bond acceptors (Lipinski definition) is 9. The predicted molar refractivity (Wildman–Crippen MR) is 134 cm³/mol. The van der Waals surface area contributed by atoms with Gasteiger partial charge >= 0.3 is 0 Å². The Hall–Kier alpha value is -3.96. The van der Waals surface area contributed by atoms with Gasteiger partial charge in [0.2, 0.25) is 11.5 Å². The predicted octanol–water partition coefficient (Wildman–Crippen LogP) is 5.31. The van der Waals surface area contributed by atoms with Crippen LogP contribution in [0.2, 0.25) is 0 Å². The molecule has 2 aromatic carbocycles. The number of carbonyl (C=O) groups excluding carboxylic acids is 2. The minimum Gasteiger partial charge on any atom is -0.503 e. The summed E-state index contributed by atoms with van der Waals surface area (Å²) in [6, 6.07) is 9.58. The molecule has 1 atom stereocenters. The van der Waals surface area contributed by atoms with Crippen LogP contribution in [0.4, 0.5) is 9.52 Å². The monoisotopic (exact) mass is 526 g/mol. The number of Topliss-reactive ketones (excluding diaryl/α,β-unsaturated/α-hetero) is 1. The number of thiophene rings is 1. The number of anilines is 1. The fourth-order valence-corrected chi connectivity index (χ4v) is 5.83. The second-order valence-corrected chi connectivity index (χ2v) is 9.67. The molecule has 0 saturated carbocycles. The SMILES string of the molecule is COc1cc([C@H]2C(C(=O)c3cccs3)=C(O)C(=O)N2c2nc3ccc(F)cc3s2)cc(OC)c1OC. The number of aliphatic hydroxyl groups is 1. The van der Waals surface area contributed by atoms with E-state index in [4.69, 9.17) is 14.2 Å². The molecule has 8 nitrogen and oxygen atoms in total. The Kier molecular flexibility index (Phi) is 6.10. The Morgan fingerprint density at radius 1 is 1.08 bits per heavy atom. The average Bonchev–Trinajstić information content (AvgIpc) is 3.61. The van der Waals surface area contributed by atoms with Gasteiger partial charge in [-0.3, -0.25) is 14.5 Å². The van der Waals surface area contributed by atoms with Crippen molar-refractivity contribution in [1.82, 2.24) is 4.98 Å². The van der Waals surface area contributed by atoms with E-state index in [-0.39, 0.29) is 10.7 Å². The Balaban J connectivity index is 1.74. The number of carbonyl (C=O) groups is 2. The topological polar surface area (TPSA) is 98.2 Å². The summed E-state index contributed by atoms with van der Waals surface area (Å²) in [5.74, 6) is -1.48. The summed E-state index contributed by atoms with van der Waals surface area (Å²) >= 11 is 2.27. The molecular weight excluding hydrogens is 507 g/mol. The van der Waals surface area contributed by atoms with E-state index in [1.165, 1.54) is 55.8 Å². The molecule has 5 rings (SSSR count). The van der Waals surface area contributed by atoms with Crippen molar-refractivity contribution in [2.24, 2.45) is 0 Å². The highest BCUT2D eigenvalue weighted by Gasteiger charge is 2.46. The van der Waals surface area contributed by atoms with Crippen molar-refractivity contribution in [3.8, 4) is 17.2 Å². The summed E-state index contributed by atoms with van der Waals surface area (Å²) in [7, 11) is 4.36. The highest BCUT2D eigenvalue weighted by molar-refractivity contribution is 7.22. The van der Waals surface area contributed by atoms with Gasteiger partial charge in [0.05, 0.1) is 48.0 Å². The minimum absolute atomic E-state index is 0.109. The van der Waals surface area contributed by atoms with E-state index in [9.17, 15) is 19.1 Å². The maximum atomic E-state index is 13.8. The molecule has 0 aliphatic carbocycles. The van der Waals surface area contributed by atoms with Crippen LogP contribution < -0.4 is 19.1 Å². The first-order chi connectivity index (χ1) is 17.4. The largest absolute Gasteiger partial charge is 0.503 e. The normalized spacial score (nSPS) is 15.6. The number of nitrogens with zero attached hydrogens (tertiary/aromatic N) is 2. The first-order valence-corrected chi connectivity index (χ1v) is 12.3. The number of benzene rings is 2. The molecule has 184 valence electrons. The number of aromatic nitrogens is 1. The van der Waals surface area contributed by atoms with E-state index >= 15 is 0 Å². The molecule has 1 N–H and O–H groups in total. The van der Waals surface area contributed by atoms with Crippen LogP contribution in [0.25, 0.3) is 10.2 Å². The van der Waals surface area contributed by atoms with Crippen LogP contribution in [-0.2, 0) is 4.79 Å². The van der Waals surface area contributed by atoms with Gasteiger partial charge in [-0.1, -0.05) is 17.4 Å². The molecule has 2 aromatic heterocycles. The molecule has 3 heterocycles. The first kappa shape index (κ1) is 23.8. The molecule has 1 aliphatic heterocycles. The zero-order valence-corrected chi connectivity index (χ0v) is 20.9. The number of fused-ring (bicyclic) bond motifs is 1. The number of ketones is 1. The van der Waals surface area contributed by atoms with Gasteiger partial charge in [0.1, 0.15) is 5.82 Å². The molecule has 4 aromatic rings. The van der Waals surface area contributed by atoms with E-state index in [1.807, 2.05) is 0 Å². The van der Waals surface area contributed by atoms with Gasteiger partial charge in [0.25, 0.3) is 5.91 Å². The summed E-state index contributed by atoms with van der Waals surface area (Å²) < 4.78 is 30.7. The zero-order chi connectivity index (χ0) is 25.6. The number of methoxy groups -OCH3 is 3. The smallest absolute Gasteiger partial charge is 0.296 e. The number of ether oxygens (including phenoxy) is 3. The Bertz CT molecular complexity index is 1500. The van der Waals surface area contributed by atoms with Gasteiger partial charge < -0.3 is 19.3 Å². The molecule has 0 unspecified atom stereocenters. The molecule has 0 radical (unpaired) electrons. The summed E-state index contributed by atoms with van der Waals surface area (Å²) in [5.41, 5.74) is 0.791. The summed E-state index contributed by atoms with van der Waals surface area (Å²) in [5, 5.41) is 12.9. The van der Waals surface area contributed by atoms with Gasteiger partial charge in [-0.25, -0.2) is 9.37 Å². The standard InChI is InChI=1S/C25H19FN2O6S2/c1-32-15-9-12(10-16(33-2)23(15)34-3)20-19(21(29)17-5-4-8-35-17)22(30)24(31)28(20)25-27-14-7-6-13(26)11-18(14)36-25/h4-11,20,30H,1-3H3/t20-/m0/s1. The third-order valence-electron chi connectivity index (χ3n) is 5.75. The van der Waals surface area contributed by atoms with Gasteiger partial charge in [0.15, 0.2) is 22.4 Å². The lowest BCUT2D eigenvalue weighted by Gasteiger charge is -2.25. The highest BCUT2D eigenvalue weighted by Crippen LogP contribution is 2.48.